The van der Waals surface area contributed by atoms with Crippen molar-refractivity contribution >= 4 is 11.8 Å². The molecule has 2 aromatic rings. The van der Waals surface area contributed by atoms with Crippen molar-refractivity contribution in [1.29, 1.82) is 0 Å². The lowest BCUT2D eigenvalue weighted by Gasteiger charge is -2.33. The first-order chi connectivity index (χ1) is 16.6. The van der Waals surface area contributed by atoms with Crippen molar-refractivity contribution < 1.29 is 27.8 Å². The summed E-state index contributed by atoms with van der Waals surface area (Å²) in [6.45, 7) is 6.59. The number of aromatic nitrogens is 2. The smallest absolute Gasteiger partial charge is 0.416 e. The Kier molecular flexibility index (Phi) is 8.90. The lowest BCUT2D eigenvalue weighted by molar-refractivity contribution is -0.143. The molecule has 4 N–H and O–H groups in total. The zero-order chi connectivity index (χ0) is 25.6. The van der Waals surface area contributed by atoms with Gasteiger partial charge in [-0.25, -0.2) is 0 Å². The number of likely N-dealkylation sites (tertiary alicyclic amines) is 1. The molecular weight excluding hydrogens is 463 g/mol. The number of hydrogen-bond acceptors (Lipinski definition) is 8. The highest BCUT2D eigenvalue weighted by molar-refractivity contribution is 5.72. The molecule has 192 valence electrons. The Morgan fingerprint density at radius 1 is 1.34 bits per heavy atom. The highest BCUT2D eigenvalue weighted by Gasteiger charge is 2.31. The van der Waals surface area contributed by atoms with Crippen LogP contribution in [0.4, 0.5) is 19.0 Å². The van der Waals surface area contributed by atoms with Crippen molar-refractivity contribution in [3.63, 3.8) is 0 Å². The van der Waals surface area contributed by atoms with Gasteiger partial charge in [-0.1, -0.05) is 0 Å². The molecule has 2 heterocycles. The average Bonchev–Trinajstić information content (AvgIpc) is 2.80. The van der Waals surface area contributed by atoms with Gasteiger partial charge < -0.3 is 25.8 Å². The largest absolute Gasteiger partial charge is 0.507 e. The number of nitrogens with zero attached hydrogens (tertiary/aromatic N) is 3. The van der Waals surface area contributed by atoms with Crippen molar-refractivity contribution in [2.45, 2.75) is 58.3 Å². The van der Waals surface area contributed by atoms with E-state index in [0.29, 0.717) is 36.0 Å². The van der Waals surface area contributed by atoms with Crippen LogP contribution in [0.1, 0.15) is 49.3 Å². The van der Waals surface area contributed by atoms with E-state index in [2.05, 4.69) is 20.4 Å². The third kappa shape index (κ3) is 6.82. The van der Waals surface area contributed by atoms with E-state index in [0.717, 1.165) is 45.0 Å². The highest BCUT2D eigenvalue weighted by Crippen LogP contribution is 2.37. The van der Waals surface area contributed by atoms with Gasteiger partial charge in [0.05, 0.1) is 12.2 Å². The normalized spacial score (nSPS) is 16.8. The van der Waals surface area contributed by atoms with E-state index in [-0.39, 0.29) is 29.8 Å². The van der Waals surface area contributed by atoms with Crippen LogP contribution >= 0.6 is 0 Å². The molecule has 11 heteroatoms. The number of piperidine rings is 1. The number of carbonyl (C=O) groups excluding carboxylic acids is 1. The maximum absolute atomic E-state index is 13.0. The average molecular weight is 496 g/mol. The van der Waals surface area contributed by atoms with Crippen LogP contribution in [0.5, 0.6) is 5.75 Å². The number of nitrogens with one attached hydrogen (secondary N) is 1. The zero-order valence-corrected chi connectivity index (χ0v) is 20.0. The van der Waals surface area contributed by atoms with Crippen LogP contribution in [0.3, 0.4) is 0 Å². The van der Waals surface area contributed by atoms with Crippen LogP contribution in [-0.2, 0) is 22.3 Å². The molecule has 3 rings (SSSR count). The fraction of sp³-hybridized carbons (Fsp3) is 0.542. The Labute approximate surface area is 202 Å². The number of alkyl halides is 3. The fourth-order valence-electron chi connectivity index (χ4n) is 4.34. The number of phenolic OH excluding ortho intramolecular Hbond substituents is 1. The molecule has 0 amide bonds. The van der Waals surface area contributed by atoms with Crippen LogP contribution < -0.4 is 11.1 Å². The van der Waals surface area contributed by atoms with Gasteiger partial charge in [-0.3, -0.25) is 4.79 Å². The summed E-state index contributed by atoms with van der Waals surface area (Å²) in [6.07, 6.45) is -1.52. The second-order valence-corrected chi connectivity index (χ2v) is 8.63. The van der Waals surface area contributed by atoms with Gasteiger partial charge in [-0.2, -0.15) is 13.2 Å². The molecular formula is C24H32F3N5O3. The van der Waals surface area contributed by atoms with Crippen molar-refractivity contribution in [3.05, 3.63) is 34.9 Å². The third-order valence-corrected chi connectivity index (χ3v) is 6.13. The molecule has 35 heavy (non-hydrogen) atoms. The third-order valence-electron chi connectivity index (χ3n) is 6.13. The number of phenols is 1. The number of halogens is 3. The fourth-order valence-corrected chi connectivity index (χ4v) is 4.34. The van der Waals surface area contributed by atoms with E-state index in [1.807, 2.05) is 0 Å². The number of esters is 1. The molecule has 1 aliphatic rings. The Morgan fingerprint density at radius 3 is 2.77 bits per heavy atom. The molecule has 8 nitrogen and oxygen atoms in total. The predicted molar refractivity (Wildman–Crippen MR) is 126 cm³/mol. The summed E-state index contributed by atoms with van der Waals surface area (Å²) in [6, 6.07) is 2.89. The van der Waals surface area contributed by atoms with E-state index < -0.39 is 17.5 Å². The second-order valence-electron chi connectivity index (χ2n) is 8.63. The SMILES string of the molecule is CCOC(=O)CCCN1CCC[C@@H](Nc2nnc(-c3ccc(C(F)(F)F)cc3O)c(C)c2CN)C1. The van der Waals surface area contributed by atoms with Gasteiger partial charge in [0.1, 0.15) is 11.4 Å². The van der Waals surface area contributed by atoms with Crippen LogP contribution in [0.2, 0.25) is 0 Å². The van der Waals surface area contributed by atoms with Gasteiger partial charge in [0.25, 0.3) is 0 Å². The van der Waals surface area contributed by atoms with Crippen molar-refractivity contribution in [2.75, 3.05) is 31.6 Å². The predicted octanol–water partition coefficient (Wildman–Crippen LogP) is 3.85. The minimum Gasteiger partial charge on any atom is -0.507 e. The molecule has 0 aliphatic carbocycles. The first-order valence-electron chi connectivity index (χ1n) is 11.7. The van der Waals surface area contributed by atoms with Gasteiger partial charge in [-0.05, 0) is 70.0 Å². The second kappa shape index (κ2) is 11.7. The molecule has 0 unspecified atom stereocenters. The monoisotopic (exact) mass is 495 g/mol. The minimum atomic E-state index is -4.56. The van der Waals surface area contributed by atoms with Gasteiger partial charge in [0.2, 0.25) is 0 Å². The summed E-state index contributed by atoms with van der Waals surface area (Å²) in [5, 5.41) is 22.1. The van der Waals surface area contributed by atoms with Gasteiger partial charge in [0.15, 0.2) is 5.82 Å². The van der Waals surface area contributed by atoms with Crippen molar-refractivity contribution in [1.82, 2.24) is 15.1 Å². The van der Waals surface area contributed by atoms with E-state index in [4.69, 9.17) is 10.5 Å². The zero-order valence-electron chi connectivity index (χ0n) is 20.0. The highest BCUT2D eigenvalue weighted by atomic mass is 19.4. The summed E-state index contributed by atoms with van der Waals surface area (Å²) in [4.78, 5) is 13.8. The number of benzene rings is 1. The van der Waals surface area contributed by atoms with Crippen LogP contribution in [-0.4, -0.2) is 58.5 Å². The van der Waals surface area contributed by atoms with E-state index >= 15 is 0 Å². The molecule has 1 atom stereocenters. The van der Waals surface area contributed by atoms with E-state index in [1.54, 1.807) is 13.8 Å². The number of rotatable bonds is 9. The number of aromatic hydroxyl groups is 1. The summed E-state index contributed by atoms with van der Waals surface area (Å²) >= 11 is 0. The maximum atomic E-state index is 13.0. The molecule has 1 saturated heterocycles. The molecule has 1 fully saturated rings. The number of anilines is 1. The summed E-state index contributed by atoms with van der Waals surface area (Å²) in [5.74, 6) is -0.179. The molecule has 0 bridgehead atoms. The Morgan fingerprint density at radius 2 is 2.11 bits per heavy atom. The molecule has 1 aromatic heterocycles. The lowest BCUT2D eigenvalue weighted by Crippen LogP contribution is -2.43. The standard InChI is InChI=1S/C24H32F3N5O3/c1-3-35-21(34)7-5-11-32-10-4-6-17(14-32)29-23-19(13-28)15(2)22(30-31-23)18-9-8-16(12-20(18)33)24(25,26)27/h8-9,12,17,33H,3-7,10-11,13-14,28H2,1-2H3,(H,29,31)/t17-/m1/s1. The van der Waals surface area contributed by atoms with Crippen LogP contribution in [0.15, 0.2) is 18.2 Å². The number of ether oxygens (including phenoxy) is 1. The van der Waals surface area contributed by atoms with Gasteiger partial charge in [0, 0.05) is 36.7 Å². The Balaban J connectivity index is 1.71. The van der Waals surface area contributed by atoms with Crippen molar-refractivity contribution in [3.8, 4) is 17.0 Å². The lowest BCUT2D eigenvalue weighted by atomic mass is 10.00. The first-order valence-corrected chi connectivity index (χ1v) is 11.7. The maximum Gasteiger partial charge on any atom is 0.416 e. The Bertz CT molecular complexity index is 1030. The van der Waals surface area contributed by atoms with Crippen LogP contribution in [0, 0.1) is 6.92 Å². The number of carbonyl (C=O) groups is 1. The summed E-state index contributed by atoms with van der Waals surface area (Å²) in [5.41, 5.74) is 6.83. The minimum absolute atomic E-state index is 0.107. The summed E-state index contributed by atoms with van der Waals surface area (Å²) < 4.78 is 43.8. The van der Waals surface area contributed by atoms with E-state index in [9.17, 15) is 23.1 Å². The Hall–Kier alpha value is -2.92. The van der Waals surface area contributed by atoms with Gasteiger partial charge >= 0.3 is 12.1 Å². The molecule has 0 radical (unpaired) electrons. The molecule has 0 saturated carbocycles. The summed E-state index contributed by atoms with van der Waals surface area (Å²) in [7, 11) is 0. The van der Waals surface area contributed by atoms with E-state index in [1.165, 1.54) is 6.07 Å². The van der Waals surface area contributed by atoms with Crippen molar-refractivity contribution in [2.24, 2.45) is 5.73 Å². The quantitative estimate of drug-likeness (QED) is 0.450. The first kappa shape index (κ1) is 26.7. The molecule has 1 aliphatic heterocycles. The molecule has 1 aromatic carbocycles. The number of nitrogens with two attached hydrogens (primary N) is 1. The topological polar surface area (TPSA) is 114 Å². The molecule has 0 spiro atoms. The van der Waals surface area contributed by atoms with Gasteiger partial charge in [-0.15, -0.1) is 10.2 Å². The van der Waals surface area contributed by atoms with Crippen LogP contribution in [0.25, 0.3) is 11.3 Å². The number of hydrogen-bond donors (Lipinski definition) is 3.